The number of hydrogen-bond acceptors (Lipinski definition) is 5. The molecule has 0 saturated carbocycles. The monoisotopic (exact) mass is 407 g/mol. The quantitative estimate of drug-likeness (QED) is 0.303. The van der Waals surface area contributed by atoms with Gasteiger partial charge in [-0.15, -0.1) is 4.79 Å². The van der Waals surface area contributed by atoms with E-state index in [2.05, 4.69) is 32.9 Å². The number of aliphatic hydroxyl groups excluding tert-OH is 1. The molecular formula is C17H22BrN5O2. The van der Waals surface area contributed by atoms with Gasteiger partial charge in [0.25, 0.3) is 0 Å². The number of nitrogens with zero attached hydrogens (tertiary/aromatic N) is 3. The van der Waals surface area contributed by atoms with E-state index in [-0.39, 0.29) is 6.61 Å². The molecule has 0 aliphatic carbocycles. The fraction of sp³-hybridized carbons (Fsp3) is 0.294. The zero-order valence-electron chi connectivity index (χ0n) is 14.2. The topological polar surface area (TPSA) is 84.4 Å². The maximum absolute atomic E-state index is 10.2. The van der Waals surface area contributed by atoms with Crippen LogP contribution < -0.4 is 10.1 Å². The molecule has 0 radical (unpaired) electrons. The summed E-state index contributed by atoms with van der Waals surface area (Å²) in [6.45, 7) is 5.73. The number of anilines is 1. The summed E-state index contributed by atoms with van der Waals surface area (Å²) in [7, 11) is 1.55. The Morgan fingerprint density at radius 3 is 2.80 bits per heavy atom. The average molecular weight is 408 g/mol. The first-order valence-electron chi connectivity index (χ1n) is 7.77. The van der Waals surface area contributed by atoms with Crippen LogP contribution in [0.5, 0.6) is 5.88 Å². The number of benzene rings is 1. The second-order valence-corrected chi connectivity index (χ2v) is 6.22. The van der Waals surface area contributed by atoms with Crippen LogP contribution in [0, 0.1) is 0 Å². The van der Waals surface area contributed by atoms with Crippen LogP contribution in [-0.4, -0.2) is 40.0 Å². The number of hydrazine groups is 1. The summed E-state index contributed by atoms with van der Waals surface area (Å²) in [6.07, 6.45) is -0.267. The van der Waals surface area contributed by atoms with E-state index in [1.165, 1.54) is 5.01 Å². The van der Waals surface area contributed by atoms with Crippen molar-refractivity contribution in [2.75, 3.05) is 12.4 Å². The zero-order valence-corrected chi connectivity index (χ0v) is 15.8. The normalized spacial score (nSPS) is 11.7. The standard InChI is InChI=1S/C17H22BrN5O2/c1-4-12-7-5-10-16(20-12)25-11-13-14(18)8-6-9-15(13)21-17(24)22(2)23(3)19/h5-10,17,19,21,24H,3-4,11H2,1-2H3. The molecule has 0 aliphatic heterocycles. The Morgan fingerprint density at radius 1 is 1.40 bits per heavy atom. The van der Waals surface area contributed by atoms with E-state index in [4.69, 9.17) is 10.6 Å². The minimum absolute atomic E-state index is 0.273. The highest BCUT2D eigenvalue weighted by atomic mass is 79.9. The molecule has 0 bridgehead atoms. The number of pyridine rings is 1. The number of rotatable bonds is 8. The van der Waals surface area contributed by atoms with Crippen molar-refractivity contribution in [2.24, 2.45) is 0 Å². The van der Waals surface area contributed by atoms with E-state index >= 15 is 0 Å². The van der Waals surface area contributed by atoms with Gasteiger partial charge in [0.05, 0.1) is 0 Å². The lowest BCUT2D eigenvalue weighted by Crippen LogP contribution is -2.41. The lowest BCUT2D eigenvalue weighted by Gasteiger charge is -2.28. The molecule has 2 aromatic rings. The van der Waals surface area contributed by atoms with Gasteiger partial charge < -0.3 is 15.2 Å². The van der Waals surface area contributed by atoms with Crippen LogP contribution in [0.1, 0.15) is 18.2 Å². The SMILES string of the molecule is C=[N+]([NH-])N(C)C(O)Nc1cccc(Br)c1COc1cccc(CC)n1. The van der Waals surface area contributed by atoms with Gasteiger partial charge in [-0.25, -0.2) is 15.8 Å². The Labute approximate surface area is 155 Å². The highest BCUT2D eigenvalue weighted by Gasteiger charge is 2.14. The van der Waals surface area contributed by atoms with Gasteiger partial charge in [-0.2, -0.15) is 0 Å². The van der Waals surface area contributed by atoms with Crippen molar-refractivity contribution in [3.8, 4) is 5.88 Å². The van der Waals surface area contributed by atoms with Crippen molar-refractivity contribution >= 4 is 28.3 Å². The lowest BCUT2D eigenvalue weighted by atomic mass is 10.2. The van der Waals surface area contributed by atoms with Gasteiger partial charge in [0.2, 0.25) is 5.88 Å². The van der Waals surface area contributed by atoms with Gasteiger partial charge in [0, 0.05) is 27.5 Å². The van der Waals surface area contributed by atoms with E-state index in [1.54, 1.807) is 7.05 Å². The predicted molar refractivity (Wildman–Crippen MR) is 101 cm³/mol. The Hall–Kier alpha value is -2.32. The van der Waals surface area contributed by atoms with E-state index in [1.807, 2.05) is 43.3 Å². The second-order valence-electron chi connectivity index (χ2n) is 5.37. The van der Waals surface area contributed by atoms with Crippen molar-refractivity contribution in [1.82, 2.24) is 9.99 Å². The van der Waals surface area contributed by atoms with Crippen molar-refractivity contribution < 1.29 is 14.6 Å². The average Bonchev–Trinajstić information content (AvgIpc) is 2.60. The lowest BCUT2D eigenvalue weighted by molar-refractivity contribution is -0.642. The summed E-state index contributed by atoms with van der Waals surface area (Å²) in [5.41, 5.74) is 2.48. The molecule has 1 unspecified atom stereocenters. The van der Waals surface area contributed by atoms with Crippen molar-refractivity contribution in [3.63, 3.8) is 0 Å². The van der Waals surface area contributed by atoms with Gasteiger partial charge in [0.1, 0.15) is 6.61 Å². The number of nitrogens with one attached hydrogen (secondary N) is 2. The van der Waals surface area contributed by atoms with Crippen molar-refractivity contribution in [3.05, 3.63) is 58.0 Å². The fourth-order valence-electron chi connectivity index (χ4n) is 2.09. The number of hydrogen-bond donors (Lipinski definition) is 2. The Kier molecular flexibility index (Phi) is 6.60. The molecule has 134 valence electrons. The van der Waals surface area contributed by atoms with Crippen LogP contribution in [0.15, 0.2) is 40.9 Å². The van der Waals surface area contributed by atoms with E-state index in [0.717, 1.165) is 26.9 Å². The third-order valence-electron chi connectivity index (χ3n) is 3.65. The Balaban J connectivity index is 2.15. The molecule has 1 aromatic carbocycles. The van der Waals surface area contributed by atoms with Crippen LogP contribution in [0.3, 0.4) is 0 Å². The summed E-state index contributed by atoms with van der Waals surface area (Å²) in [5, 5.41) is 14.3. The molecule has 25 heavy (non-hydrogen) atoms. The summed E-state index contributed by atoms with van der Waals surface area (Å²) >= 11 is 3.51. The van der Waals surface area contributed by atoms with Crippen LogP contribution in [0.2, 0.25) is 0 Å². The fourth-order valence-corrected chi connectivity index (χ4v) is 2.57. The van der Waals surface area contributed by atoms with Crippen molar-refractivity contribution in [2.45, 2.75) is 26.3 Å². The molecule has 0 spiro atoms. The summed E-state index contributed by atoms with van der Waals surface area (Å²) < 4.78 is 6.65. The first-order valence-corrected chi connectivity index (χ1v) is 8.57. The van der Waals surface area contributed by atoms with Gasteiger partial charge in [0.15, 0.2) is 13.1 Å². The zero-order chi connectivity index (χ0) is 18.4. The first-order chi connectivity index (χ1) is 11.9. The van der Waals surface area contributed by atoms with Crippen LogP contribution in [-0.2, 0) is 13.0 Å². The van der Waals surface area contributed by atoms with Gasteiger partial charge in [-0.1, -0.05) is 35.0 Å². The number of ether oxygens (including phenoxy) is 1. The molecule has 1 heterocycles. The van der Waals surface area contributed by atoms with Crippen LogP contribution in [0.4, 0.5) is 5.69 Å². The molecule has 8 heteroatoms. The largest absolute Gasteiger partial charge is 0.473 e. The van der Waals surface area contributed by atoms with Gasteiger partial charge in [-0.05, 0) is 31.7 Å². The number of aromatic nitrogens is 1. The number of hydrazone groups is 1. The summed E-state index contributed by atoms with van der Waals surface area (Å²) in [6, 6.07) is 11.3. The molecule has 0 aliphatic rings. The molecule has 0 amide bonds. The Bertz CT molecular complexity index is 741. The number of aliphatic hydroxyl groups is 1. The van der Waals surface area contributed by atoms with Crippen LogP contribution in [0.25, 0.3) is 5.84 Å². The van der Waals surface area contributed by atoms with Gasteiger partial charge >= 0.3 is 0 Å². The number of aryl methyl sites for hydroxylation is 1. The molecule has 1 aromatic heterocycles. The molecule has 3 N–H and O–H groups in total. The van der Waals surface area contributed by atoms with Crippen LogP contribution >= 0.6 is 15.9 Å². The molecule has 0 fully saturated rings. The smallest absolute Gasteiger partial charge is 0.213 e. The third kappa shape index (κ3) is 5.07. The molecule has 7 nitrogen and oxygen atoms in total. The van der Waals surface area contributed by atoms with Crippen molar-refractivity contribution in [1.29, 1.82) is 0 Å². The summed E-state index contributed by atoms with van der Waals surface area (Å²) in [5.74, 6) is 7.96. The third-order valence-corrected chi connectivity index (χ3v) is 4.39. The van der Waals surface area contributed by atoms with E-state index < -0.39 is 6.35 Å². The molecule has 0 saturated heterocycles. The van der Waals surface area contributed by atoms with E-state index in [9.17, 15) is 5.11 Å². The highest BCUT2D eigenvalue weighted by Crippen LogP contribution is 2.27. The Morgan fingerprint density at radius 2 is 2.12 bits per heavy atom. The highest BCUT2D eigenvalue weighted by molar-refractivity contribution is 9.10. The van der Waals surface area contributed by atoms with Gasteiger partial charge in [-0.3, -0.25) is 0 Å². The maximum atomic E-state index is 10.2. The second kappa shape index (κ2) is 8.68. The molecule has 2 rings (SSSR count). The molecule has 1 atom stereocenters. The first kappa shape index (κ1) is 19.0. The minimum Gasteiger partial charge on any atom is -0.473 e. The minimum atomic E-state index is -1.11. The maximum Gasteiger partial charge on any atom is 0.213 e. The summed E-state index contributed by atoms with van der Waals surface area (Å²) in [4.78, 5) is 5.22. The number of halogens is 1. The van der Waals surface area contributed by atoms with E-state index in [0.29, 0.717) is 11.6 Å². The molecular weight excluding hydrogens is 386 g/mol. The predicted octanol–water partition coefficient (Wildman–Crippen LogP) is 3.20.